The van der Waals surface area contributed by atoms with Crippen molar-refractivity contribution in [1.29, 1.82) is 0 Å². The Hall–Kier alpha value is -2.28. The Morgan fingerprint density at radius 2 is 1.35 bits per heavy atom. The van der Waals surface area contributed by atoms with Crippen LogP contribution in [-0.2, 0) is 0 Å². The molecule has 4 rings (SSSR count). The van der Waals surface area contributed by atoms with Crippen LogP contribution in [0.15, 0.2) is 72.8 Å². The van der Waals surface area contributed by atoms with E-state index in [0.717, 1.165) is 12.8 Å². The fraction of sp³-hybridized carbons (Fsp3) is 0.280. The Bertz CT molecular complexity index is 856. The van der Waals surface area contributed by atoms with Gasteiger partial charge in [-0.05, 0) is 59.1 Å². The molecule has 0 bridgehead atoms. The van der Waals surface area contributed by atoms with E-state index >= 15 is 0 Å². The first-order valence-corrected chi connectivity index (χ1v) is 9.73. The normalized spacial score (nSPS) is 20.0. The van der Waals surface area contributed by atoms with Crippen LogP contribution in [0.25, 0.3) is 22.3 Å². The maximum Gasteiger partial charge on any atom is 0.0699 e. The average Bonchev–Trinajstić information content (AvgIpc) is 2.69. The molecule has 0 amide bonds. The second kappa shape index (κ2) is 7.54. The zero-order valence-corrected chi connectivity index (χ0v) is 15.5. The van der Waals surface area contributed by atoms with Gasteiger partial charge in [-0.15, -0.1) is 0 Å². The minimum Gasteiger partial charge on any atom is -0.0773 e. The summed E-state index contributed by atoms with van der Waals surface area (Å²) in [6.45, 7) is 2.20. The standard InChI is InChI=1S/C25H25B/c1-18-17-23(13-16-25(18)22-5-3-2-4-6-22)21-9-7-19(8-10-21)20-11-14-24(26)15-12-20/h2-10,13,16-17,20,24H,11-12,14-15H2,1H3. The number of aryl methyl sites for hydroxylation is 1. The Balaban J connectivity index is 1.55. The minimum atomic E-state index is 0.414. The molecule has 1 fully saturated rings. The second-order valence-electron chi connectivity index (χ2n) is 7.63. The van der Waals surface area contributed by atoms with Gasteiger partial charge >= 0.3 is 0 Å². The summed E-state index contributed by atoms with van der Waals surface area (Å²) in [5.41, 5.74) is 7.97. The van der Waals surface area contributed by atoms with Gasteiger partial charge in [0.2, 0.25) is 0 Å². The highest BCUT2D eigenvalue weighted by Gasteiger charge is 2.19. The monoisotopic (exact) mass is 336 g/mol. The summed E-state index contributed by atoms with van der Waals surface area (Å²) in [5, 5.41) is 0. The van der Waals surface area contributed by atoms with Crippen molar-refractivity contribution < 1.29 is 0 Å². The van der Waals surface area contributed by atoms with Gasteiger partial charge in [0, 0.05) is 0 Å². The van der Waals surface area contributed by atoms with E-state index in [-0.39, 0.29) is 0 Å². The van der Waals surface area contributed by atoms with Gasteiger partial charge in [-0.25, -0.2) is 0 Å². The van der Waals surface area contributed by atoms with Gasteiger partial charge in [-0.1, -0.05) is 91.5 Å². The molecular formula is C25H25B. The lowest BCUT2D eigenvalue weighted by Crippen LogP contribution is -2.09. The molecule has 0 unspecified atom stereocenters. The molecule has 3 aromatic carbocycles. The largest absolute Gasteiger partial charge is 0.0773 e. The Morgan fingerprint density at radius 1 is 0.692 bits per heavy atom. The van der Waals surface area contributed by atoms with Crippen LogP contribution in [-0.4, -0.2) is 7.85 Å². The van der Waals surface area contributed by atoms with E-state index in [1.54, 1.807) is 0 Å². The van der Waals surface area contributed by atoms with Crippen molar-refractivity contribution in [1.82, 2.24) is 0 Å². The lowest BCUT2D eigenvalue weighted by molar-refractivity contribution is 0.444. The molecular weight excluding hydrogens is 311 g/mol. The van der Waals surface area contributed by atoms with Crippen LogP contribution >= 0.6 is 0 Å². The number of hydrogen-bond donors (Lipinski definition) is 0. The summed E-state index contributed by atoms with van der Waals surface area (Å²) >= 11 is 0. The summed E-state index contributed by atoms with van der Waals surface area (Å²) in [5.74, 6) is 1.10. The van der Waals surface area contributed by atoms with Crippen LogP contribution in [0, 0.1) is 6.92 Å². The molecule has 0 heterocycles. The summed E-state index contributed by atoms with van der Waals surface area (Å²) in [7, 11) is 6.04. The van der Waals surface area contributed by atoms with Crippen LogP contribution < -0.4 is 0 Å². The average molecular weight is 336 g/mol. The van der Waals surface area contributed by atoms with E-state index in [4.69, 9.17) is 7.85 Å². The van der Waals surface area contributed by atoms with Crippen molar-refractivity contribution in [2.45, 2.75) is 44.3 Å². The molecule has 3 aromatic rings. The topological polar surface area (TPSA) is 0 Å². The first-order chi connectivity index (χ1) is 12.7. The molecule has 2 radical (unpaired) electrons. The highest BCUT2D eigenvalue weighted by molar-refractivity contribution is 6.11. The minimum absolute atomic E-state index is 0.414. The third kappa shape index (κ3) is 3.63. The fourth-order valence-corrected chi connectivity index (χ4v) is 4.19. The lowest BCUT2D eigenvalue weighted by Gasteiger charge is -2.26. The van der Waals surface area contributed by atoms with Gasteiger partial charge in [0.15, 0.2) is 0 Å². The molecule has 0 nitrogen and oxygen atoms in total. The number of benzene rings is 3. The van der Waals surface area contributed by atoms with Crippen LogP contribution in [0.3, 0.4) is 0 Å². The van der Waals surface area contributed by atoms with Crippen molar-refractivity contribution in [3.63, 3.8) is 0 Å². The summed E-state index contributed by atoms with van der Waals surface area (Å²) in [6.07, 6.45) is 4.77. The molecule has 0 aliphatic heterocycles. The van der Waals surface area contributed by atoms with Gasteiger partial charge < -0.3 is 0 Å². The van der Waals surface area contributed by atoms with Crippen molar-refractivity contribution in [2.75, 3.05) is 0 Å². The van der Waals surface area contributed by atoms with Gasteiger partial charge in [-0.2, -0.15) is 0 Å². The van der Waals surface area contributed by atoms with Crippen molar-refractivity contribution in [3.8, 4) is 22.3 Å². The maximum absolute atomic E-state index is 6.04. The predicted molar refractivity (Wildman–Crippen MR) is 113 cm³/mol. The smallest absolute Gasteiger partial charge is 0.0699 e. The fourth-order valence-electron chi connectivity index (χ4n) is 4.19. The summed E-state index contributed by atoms with van der Waals surface area (Å²) in [4.78, 5) is 0. The summed E-state index contributed by atoms with van der Waals surface area (Å²) in [6, 6.07) is 26.6. The third-order valence-electron chi connectivity index (χ3n) is 5.80. The van der Waals surface area contributed by atoms with Gasteiger partial charge in [0.25, 0.3) is 0 Å². The lowest BCUT2D eigenvalue weighted by atomic mass is 9.70. The highest BCUT2D eigenvalue weighted by Crippen LogP contribution is 2.37. The van der Waals surface area contributed by atoms with Gasteiger partial charge in [0.1, 0.15) is 0 Å². The molecule has 1 saturated carbocycles. The molecule has 1 heteroatoms. The van der Waals surface area contributed by atoms with Crippen molar-refractivity contribution in [3.05, 3.63) is 83.9 Å². The molecule has 0 atom stereocenters. The maximum atomic E-state index is 6.04. The highest BCUT2D eigenvalue weighted by atomic mass is 14.2. The van der Waals surface area contributed by atoms with E-state index in [0.29, 0.717) is 11.7 Å². The van der Waals surface area contributed by atoms with E-state index < -0.39 is 0 Å². The first-order valence-electron chi connectivity index (χ1n) is 9.73. The van der Waals surface area contributed by atoms with E-state index in [1.165, 1.54) is 46.2 Å². The zero-order chi connectivity index (χ0) is 17.9. The molecule has 1 aliphatic carbocycles. The van der Waals surface area contributed by atoms with E-state index in [2.05, 4.69) is 79.7 Å². The Labute approximate surface area is 158 Å². The van der Waals surface area contributed by atoms with Crippen LogP contribution in [0.2, 0.25) is 5.82 Å². The van der Waals surface area contributed by atoms with Gasteiger partial charge in [0.05, 0.1) is 7.85 Å². The Morgan fingerprint density at radius 3 is 2.00 bits per heavy atom. The quantitative estimate of drug-likeness (QED) is 0.454. The van der Waals surface area contributed by atoms with Crippen LogP contribution in [0.1, 0.15) is 42.7 Å². The van der Waals surface area contributed by atoms with Crippen LogP contribution in [0.5, 0.6) is 0 Å². The molecule has 1 aliphatic rings. The van der Waals surface area contributed by atoms with Gasteiger partial charge in [-0.3, -0.25) is 0 Å². The number of rotatable bonds is 3. The molecule has 0 N–H and O–H groups in total. The molecule has 26 heavy (non-hydrogen) atoms. The third-order valence-corrected chi connectivity index (χ3v) is 5.80. The van der Waals surface area contributed by atoms with Crippen molar-refractivity contribution >= 4 is 7.85 Å². The second-order valence-corrected chi connectivity index (χ2v) is 7.63. The number of hydrogen-bond acceptors (Lipinski definition) is 0. The van der Waals surface area contributed by atoms with Crippen LogP contribution in [0.4, 0.5) is 0 Å². The molecule has 128 valence electrons. The molecule has 0 saturated heterocycles. The molecule has 0 aromatic heterocycles. The first kappa shape index (κ1) is 17.2. The summed E-state index contributed by atoms with van der Waals surface area (Å²) < 4.78 is 0. The Kier molecular flexibility index (Phi) is 4.97. The molecule has 0 spiro atoms. The SMILES string of the molecule is [B]C1CCC(c2ccc(-c3ccc(-c4ccccc4)c(C)c3)cc2)CC1. The predicted octanol–water partition coefficient (Wildman–Crippen LogP) is 6.94. The zero-order valence-electron chi connectivity index (χ0n) is 15.5. The van der Waals surface area contributed by atoms with E-state index in [9.17, 15) is 0 Å². The van der Waals surface area contributed by atoms with E-state index in [1.807, 2.05) is 0 Å². The van der Waals surface area contributed by atoms with Crippen molar-refractivity contribution in [2.24, 2.45) is 0 Å².